The van der Waals surface area contributed by atoms with Crippen molar-refractivity contribution >= 4 is 17.9 Å². The SMILES string of the molecule is CC/C=C\C/C=C\C/C=C\CCCCCCCCCCCC(=O)OCC(COC(=O)CCCCCC/C=C\C/C=C\C/C=C\CC)OC(=O)CCCCCCCCCCCCCCCCCCC. The third-order valence-corrected chi connectivity index (χ3v) is 12.5. The first-order valence-electron chi connectivity index (χ1n) is 28.9. The first-order valence-corrected chi connectivity index (χ1v) is 28.9. The molecule has 1 unspecified atom stereocenters. The second kappa shape index (κ2) is 56.4. The molecular formula is C62H108O6. The fraction of sp³-hybridized carbons (Fsp3) is 0.758. The summed E-state index contributed by atoms with van der Waals surface area (Å²) in [6.07, 6.45) is 71.8. The van der Waals surface area contributed by atoms with E-state index < -0.39 is 6.10 Å². The second-order valence-corrected chi connectivity index (χ2v) is 19.1. The van der Waals surface area contributed by atoms with Crippen LogP contribution in [-0.4, -0.2) is 37.2 Å². The van der Waals surface area contributed by atoms with E-state index in [1.165, 1.54) is 135 Å². The third-order valence-electron chi connectivity index (χ3n) is 12.5. The van der Waals surface area contributed by atoms with Gasteiger partial charge >= 0.3 is 17.9 Å². The van der Waals surface area contributed by atoms with E-state index in [-0.39, 0.29) is 31.1 Å². The highest BCUT2D eigenvalue weighted by Crippen LogP contribution is 2.16. The average molecular weight is 950 g/mol. The fourth-order valence-corrected chi connectivity index (χ4v) is 8.18. The lowest BCUT2D eigenvalue weighted by Crippen LogP contribution is -2.30. The molecule has 392 valence electrons. The number of unbranched alkanes of at least 4 members (excludes halogenated alkanes) is 29. The molecule has 68 heavy (non-hydrogen) atoms. The fourth-order valence-electron chi connectivity index (χ4n) is 8.18. The van der Waals surface area contributed by atoms with Crippen LogP contribution in [0.5, 0.6) is 0 Å². The number of carbonyl (C=O) groups is 3. The van der Waals surface area contributed by atoms with Crippen molar-refractivity contribution < 1.29 is 28.6 Å². The minimum absolute atomic E-state index is 0.0834. The van der Waals surface area contributed by atoms with Crippen LogP contribution in [-0.2, 0) is 28.6 Å². The topological polar surface area (TPSA) is 78.9 Å². The van der Waals surface area contributed by atoms with Gasteiger partial charge in [0.2, 0.25) is 0 Å². The van der Waals surface area contributed by atoms with E-state index in [9.17, 15) is 14.4 Å². The van der Waals surface area contributed by atoms with Crippen LogP contribution in [0.15, 0.2) is 72.9 Å². The molecule has 0 aliphatic heterocycles. The highest BCUT2D eigenvalue weighted by atomic mass is 16.6. The number of allylic oxidation sites excluding steroid dienone is 12. The van der Waals surface area contributed by atoms with Crippen LogP contribution in [0.2, 0.25) is 0 Å². The molecule has 0 spiro atoms. The Morgan fingerprint density at radius 3 is 0.897 bits per heavy atom. The van der Waals surface area contributed by atoms with Gasteiger partial charge in [0.1, 0.15) is 13.2 Å². The van der Waals surface area contributed by atoms with E-state index in [2.05, 4.69) is 93.7 Å². The van der Waals surface area contributed by atoms with Crippen molar-refractivity contribution in [1.82, 2.24) is 0 Å². The van der Waals surface area contributed by atoms with Gasteiger partial charge in [0.25, 0.3) is 0 Å². The second-order valence-electron chi connectivity index (χ2n) is 19.1. The molecule has 0 aliphatic carbocycles. The number of carbonyl (C=O) groups excluding carboxylic acids is 3. The maximum atomic E-state index is 12.9. The Hall–Kier alpha value is -3.15. The van der Waals surface area contributed by atoms with Gasteiger partial charge in [0, 0.05) is 19.3 Å². The van der Waals surface area contributed by atoms with Crippen molar-refractivity contribution in [2.45, 2.75) is 290 Å². The van der Waals surface area contributed by atoms with Crippen LogP contribution >= 0.6 is 0 Å². The predicted molar refractivity (Wildman–Crippen MR) is 293 cm³/mol. The van der Waals surface area contributed by atoms with Gasteiger partial charge in [-0.25, -0.2) is 0 Å². The quantitative estimate of drug-likeness (QED) is 0.0262. The molecule has 0 N–H and O–H groups in total. The number of hydrogen-bond acceptors (Lipinski definition) is 6. The first kappa shape index (κ1) is 64.8. The molecule has 0 aromatic heterocycles. The molecule has 0 radical (unpaired) electrons. The molecular weight excluding hydrogens is 841 g/mol. The Labute approximate surface area is 421 Å². The highest BCUT2D eigenvalue weighted by molar-refractivity contribution is 5.71. The minimum Gasteiger partial charge on any atom is -0.462 e. The van der Waals surface area contributed by atoms with E-state index in [0.29, 0.717) is 19.3 Å². The van der Waals surface area contributed by atoms with Crippen molar-refractivity contribution in [2.24, 2.45) is 0 Å². The minimum atomic E-state index is -0.785. The Kier molecular flexibility index (Phi) is 53.8. The average Bonchev–Trinajstić information content (AvgIpc) is 3.34. The summed E-state index contributed by atoms with van der Waals surface area (Å²) in [5.41, 5.74) is 0. The number of esters is 3. The zero-order valence-corrected chi connectivity index (χ0v) is 44.9. The Morgan fingerprint density at radius 2 is 0.574 bits per heavy atom. The molecule has 0 saturated heterocycles. The lowest BCUT2D eigenvalue weighted by atomic mass is 10.0. The van der Waals surface area contributed by atoms with Crippen molar-refractivity contribution in [3.63, 3.8) is 0 Å². The van der Waals surface area contributed by atoms with Crippen LogP contribution in [0, 0.1) is 0 Å². The van der Waals surface area contributed by atoms with Crippen molar-refractivity contribution in [1.29, 1.82) is 0 Å². The summed E-state index contributed by atoms with van der Waals surface area (Å²) in [5, 5.41) is 0. The standard InChI is InChI=1S/C62H108O6/c1-4-7-10-13-16-19-22-25-28-30-31-33-34-37-40-43-46-49-52-55-61(64)67-58-59(57-66-60(63)54-51-48-45-42-39-36-27-24-21-18-15-12-9-6-3)68-62(65)56-53-50-47-44-41-38-35-32-29-26-23-20-17-14-11-8-5-2/h7,9-10,12,16,18-19,21,25,27-28,36,59H,4-6,8,11,13-15,17,20,22-24,26,29-35,37-58H2,1-3H3/b10-7-,12-9-,19-16-,21-18-,28-25-,36-27-. The maximum absolute atomic E-state index is 12.9. The van der Waals surface area contributed by atoms with E-state index >= 15 is 0 Å². The van der Waals surface area contributed by atoms with Crippen LogP contribution < -0.4 is 0 Å². The molecule has 0 bridgehead atoms. The molecule has 0 amide bonds. The Balaban J connectivity index is 4.38. The summed E-state index contributed by atoms with van der Waals surface area (Å²) >= 11 is 0. The normalized spacial score (nSPS) is 12.6. The molecule has 1 atom stereocenters. The van der Waals surface area contributed by atoms with Gasteiger partial charge in [-0.05, 0) is 83.5 Å². The summed E-state index contributed by atoms with van der Waals surface area (Å²) in [7, 11) is 0. The van der Waals surface area contributed by atoms with Crippen molar-refractivity contribution in [3.05, 3.63) is 72.9 Å². The summed E-state index contributed by atoms with van der Waals surface area (Å²) in [5.74, 6) is -0.900. The molecule has 0 fully saturated rings. The van der Waals surface area contributed by atoms with Crippen molar-refractivity contribution in [3.8, 4) is 0 Å². The Bertz CT molecular complexity index is 1270. The molecule has 0 aliphatic rings. The molecule has 0 rings (SSSR count). The monoisotopic (exact) mass is 949 g/mol. The lowest BCUT2D eigenvalue weighted by molar-refractivity contribution is -0.167. The van der Waals surface area contributed by atoms with Crippen LogP contribution in [0.25, 0.3) is 0 Å². The summed E-state index contributed by atoms with van der Waals surface area (Å²) in [6, 6.07) is 0. The summed E-state index contributed by atoms with van der Waals surface area (Å²) in [4.78, 5) is 38.2. The summed E-state index contributed by atoms with van der Waals surface area (Å²) < 4.78 is 16.9. The van der Waals surface area contributed by atoms with Gasteiger partial charge in [0.05, 0.1) is 0 Å². The largest absolute Gasteiger partial charge is 0.462 e. The molecule has 0 aromatic rings. The molecule has 0 aromatic carbocycles. The van der Waals surface area contributed by atoms with E-state index in [1.54, 1.807) is 0 Å². The lowest BCUT2D eigenvalue weighted by Gasteiger charge is -2.18. The molecule has 0 saturated carbocycles. The molecule has 6 nitrogen and oxygen atoms in total. The van der Waals surface area contributed by atoms with Crippen LogP contribution in [0.3, 0.4) is 0 Å². The van der Waals surface area contributed by atoms with Gasteiger partial charge in [-0.3, -0.25) is 14.4 Å². The predicted octanol–water partition coefficient (Wildman–Crippen LogP) is 19.4. The first-order chi connectivity index (χ1) is 33.5. The van der Waals surface area contributed by atoms with E-state index in [4.69, 9.17) is 14.2 Å². The smallest absolute Gasteiger partial charge is 0.306 e. The Morgan fingerprint density at radius 1 is 0.309 bits per heavy atom. The molecule has 0 heterocycles. The zero-order valence-electron chi connectivity index (χ0n) is 44.9. The van der Waals surface area contributed by atoms with E-state index in [0.717, 1.165) is 109 Å². The number of ether oxygens (including phenoxy) is 3. The third kappa shape index (κ3) is 53.8. The van der Waals surface area contributed by atoms with Gasteiger partial charge < -0.3 is 14.2 Å². The highest BCUT2D eigenvalue weighted by Gasteiger charge is 2.19. The van der Waals surface area contributed by atoms with Crippen molar-refractivity contribution in [2.75, 3.05) is 13.2 Å². The maximum Gasteiger partial charge on any atom is 0.306 e. The van der Waals surface area contributed by atoms with E-state index in [1.807, 2.05) is 0 Å². The summed E-state index contributed by atoms with van der Waals surface area (Å²) in [6.45, 7) is 6.42. The van der Waals surface area contributed by atoms with Gasteiger partial charge in [-0.1, -0.05) is 254 Å². The molecule has 6 heteroatoms. The van der Waals surface area contributed by atoms with Crippen LogP contribution in [0.4, 0.5) is 0 Å². The van der Waals surface area contributed by atoms with Crippen LogP contribution in [0.1, 0.15) is 284 Å². The van der Waals surface area contributed by atoms with Gasteiger partial charge in [-0.15, -0.1) is 0 Å². The van der Waals surface area contributed by atoms with Gasteiger partial charge in [0.15, 0.2) is 6.10 Å². The number of rotatable bonds is 52. The van der Waals surface area contributed by atoms with Gasteiger partial charge in [-0.2, -0.15) is 0 Å². The zero-order chi connectivity index (χ0) is 49.3. The number of hydrogen-bond donors (Lipinski definition) is 0.